The first-order valence-electron chi connectivity index (χ1n) is 6.31. The summed E-state index contributed by atoms with van der Waals surface area (Å²) in [5.41, 5.74) is 0. The predicted octanol–water partition coefficient (Wildman–Crippen LogP) is 3.70. The summed E-state index contributed by atoms with van der Waals surface area (Å²) in [7, 11) is -3.80. The van der Waals surface area contributed by atoms with E-state index in [4.69, 9.17) is 8.92 Å². The lowest BCUT2D eigenvalue weighted by Crippen LogP contribution is -2.22. The Morgan fingerprint density at radius 2 is 1.76 bits per heavy atom. The van der Waals surface area contributed by atoms with E-state index in [1.165, 1.54) is 17.4 Å². The summed E-state index contributed by atoms with van der Waals surface area (Å²) in [6.07, 6.45) is -0.928. The minimum Gasteiger partial charge on any atom is -0.457 e. The number of para-hydroxylation sites is 1. The average Bonchev–Trinajstić information content (AvgIpc) is 2.90. The van der Waals surface area contributed by atoms with E-state index >= 15 is 0 Å². The van der Waals surface area contributed by atoms with Crippen LogP contribution in [0.5, 0.6) is 5.75 Å². The molecule has 0 radical (unpaired) electrons. The number of fused-ring (bicyclic) bond motifs is 2. The van der Waals surface area contributed by atoms with Crippen molar-refractivity contribution in [1.29, 1.82) is 0 Å². The zero-order valence-corrected chi connectivity index (χ0v) is 12.4. The maximum Gasteiger partial charge on any atom is 0.304 e. The summed E-state index contributed by atoms with van der Waals surface area (Å²) in [6.45, 7) is 0. The quantitative estimate of drug-likeness (QED) is 0.642. The van der Waals surface area contributed by atoms with Crippen molar-refractivity contribution in [3.8, 4) is 5.75 Å². The summed E-state index contributed by atoms with van der Waals surface area (Å²) in [5.74, 6) is 0.325. The molecule has 0 aliphatic carbocycles. The van der Waals surface area contributed by atoms with Crippen LogP contribution >= 0.6 is 11.3 Å². The average molecular weight is 318 g/mol. The molecule has 1 aliphatic heterocycles. The molecule has 6 heteroatoms. The fourth-order valence-electron chi connectivity index (χ4n) is 2.28. The van der Waals surface area contributed by atoms with Gasteiger partial charge in [0.2, 0.25) is 0 Å². The first-order chi connectivity index (χ1) is 10.1. The molecule has 0 bridgehead atoms. The van der Waals surface area contributed by atoms with Crippen LogP contribution < -0.4 is 4.74 Å². The maximum atomic E-state index is 12.2. The van der Waals surface area contributed by atoms with Crippen LogP contribution in [0.15, 0.2) is 59.5 Å². The SMILES string of the molecule is O=S1(=O)OC(c2cc3ccccc3s2)Oc2ccccc21. The second-order valence-electron chi connectivity index (χ2n) is 4.63. The van der Waals surface area contributed by atoms with E-state index in [1.807, 2.05) is 30.3 Å². The van der Waals surface area contributed by atoms with Crippen LogP contribution in [-0.2, 0) is 14.3 Å². The van der Waals surface area contributed by atoms with Gasteiger partial charge >= 0.3 is 10.1 Å². The molecule has 2 heterocycles. The third-order valence-corrected chi connectivity index (χ3v) is 5.69. The molecular weight excluding hydrogens is 308 g/mol. The van der Waals surface area contributed by atoms with Crippen LogP contribution in [0.1, 0.15) is 11.2 Å². The van der Waals surface area contributed by atoms with Gasteiger partial charge in [-0.2, -0.15) is 8.42 Å². The molecule has 0 amide bonds. The van der Waals surface area contributed by atoms with Crippen LogP contribution in [-0.4, -0.2) is 8.42 Å². The lowest BCUT2D eigenvalue weighted by atomic mass is 10.2. The highest BCUT2D eigenvalue weighted by molar-refractivity contribution is 7.87. The van der Waals surface area contributed by atoms with Gasteiger partial charge in [-0.05, 0) is 29.7 Å². The summed E-state index contributed by atoms with van der Waals surface area (Å²) in [4.78, 5) is 0.802. The van der Waals surface area contributed by atoms with Crippen molar-refractivity contribution in [2.24, 2.45) is 0 Å². The summed E-state index contributed by atoms with van der Waals surface area (Å²) < 4.78 is 36.3. The smallest absolute Gasteiger partial charge is 0.304 e. The Hall–Kier alpha value is -1.89. The van der Waals surface area contributed by atoms with Crippen molar-refractivity contribution in [2.75, 3.05) is 0 Å². The molecule has 4 rings (SSSR count). The molecule has 0 saturated carbocycles. The van der Waals surface area contributed by atoms with E-state index in [1.54, 1.807) is 18.2 Å². The number of hydrogen-bond acceptors (Lipinski definition) is 5. The molecule has 21 heavy (non-hydrogen) atoms. The van der Waals surface area contributed by atoms with E-state index in [2.05, 4.69) is 0 Å². The Bertz CT molecular complexity index is 895. The molecule has 106 valence electrons. The molecule has 1 aromatic heterocycles. The fourth-order valence-corrected chi connectivity index (χ4v) is 4.45. The van der Waals surface area contributed by atoms with E-state index in [0.29, 0.717) is 5.75 Å². The Labute approximate surface area is 125 Å². The van der Waals surface area contributed by atoms with Crippen LogP contribution in [0.3, 0.4) is 0 Å². The normalized spacial score (nSPS) is 19.9. The number of rotatable bonds is 1. The molecular formula is C15H10O4S2. The fraction of sp³-hybridized carbons (Fsp3) is 0.0667. The van der Waals surface area contributed by atoms with Crippen LogP contribution in [0.25, 0.3) is 10.1 Å². The first kappa shape index (κ1) is 12.8. The van der Waals surface area contributed by atoms with Crippen molar-refractivity contribution in [1.82, 2.24) is 0 Å². The molecule has 1 aliphatic rings. The van der Waals surface area contributed by atoms with Gasteiger partial charge in [-0.15, -0.1) is 11.3 Å². The van der Waals surface area contributed by atoms with Gasteiger partial charge in [-0.1, -0.05) is 30.3 Å². The van der Waals surface area contributed by atoms with Crippen molar-refractivity contribution in [3.63, 3.8) is 0 Å². The van der Waals surface area contributed by atoms with Gasteiger partial charge in [0, 0.05) is 4.70 Å². The molecule has 0 spiro atoms. The van der Waals surface area contributed by atoms with E-state index in [0.717, 1.165) is 15.0 Å². The maximum absolute atomic E-state index is 12.2. The molecule has 3 aromatic rings. The minimum atomic E-state index is -3.80. The predicted molar refractivity (Wildman–Crippen MR) is 79.9 cm³/mol. The van der Waals surface area contributed by atoms with Gasteiger partial charge in [-0.3, -0.25) is 0 Å². The summed E-state index contributed by atoms with van der Waals surface area (Å²) in [5, 5.41) is 1.04. The number of thiophene rings is 1. The number of ether oxygens (including phenoxy) is 1. The second-order valence-corrected chi connectivity index (χ2v) is 7.29. The Kier molecular flexibility index (Phi) is 2.78. The third kappa shape index (κ3) is 2.12. The second kappa shape index (κ2) is 4.56. The van der Waals surface area contributed by atoms with E-state index in [9.17, 15) is 8.42 Å². The lowest BCUT2D eigenvalue weighted by molar-refractivity contribution is -0.000902. The zero-order chi connectivity index (χ0) is 14.4. The Morgan fingerprint density at radius 1 is 1.00 bits per heavy atom. The molecule has 0 saturated heterocycles. The highest BCUT2D eigenvalue weighted by Crippen LogP contribution is 2.40. The van der Waals surface area contributed by atoms with E-state index in [-0.39, 0.29) is 4.90 Å². The van der Waals surface area contributed by atoms with Crippen molar-refractivity contribution >= 4 is 31.5 Å². The molecule has 4 nitrogen and oxygen atoms in total. The molecule has 0 N–H and O–H groups in total. The van der Waals surface area contributed by atoms with Crippen molar-refractivity contribution in [3.05, 3.63) is 59.5 Å². The van der Waals surface area contributed by atoms with Gasteiger partial charge in [0.25, 0.3) is 6.29 Å². The Morgan fingerprint density at radius 3 is 2.62 bits per heavy atom. The van der Waals surface area contributed by atoms with Gasteiger partial charge in [0.05, 0.1) is 4.88 Å². The summed E-state index contributed by atoms with van der Waals surface area (Å²) in [6, 6.07) is 16.2. The minimum absolute atomic E-state index is 0.0716. The molecule has 2 aromatic carbocycles. The van der Waals surface area contributed by atoms with Gasteiger partial charge in [0.15, 0.2) is 0 Å². The highest BCUT2D eigenvalue weighted by Gasteiger charge is 2.34. The number of hydrogen-bond donors (Lipinski definition) is 0. The molecule has 1 unspecified atom stereocenters. The topological polar surface area (TPSA) is 52.6 Å². The van der Waals surface area contributed by atoms with Gasteiger partial charge < -0.3 is 4.74 Å². The molecule has 0 fully saturated rings. The zero-order valence-electron chi connectivity index (χ0n) is 10.7. The Balaban J connectivity index is 1.81. The summed E-state index contributed by atoms with van der Waals surface area (Å²) >= 11 is 1.46. The van der Waals surface area contributed by atoms with Gasteiger partial charge in [-0.25, -0.2) is 4.18 Å². The van der Waals surface area contributed by atoms with Crippen molar-refractivity contribution in [2.45, 2.75) is 11.2 Å². The van der Waals surface area contributed by atoms with E-state index < -0.39 is 16.4 Å². The third-order valence-electron chi connectivity index (χ3n) is 3.24. The van der Waals surface area contributed by atoms with Crippen LogP contribution in [0.2, 0.25) is 0 Å². The monoisotopic (exact) mass is 318 g/mol. The lowest BCUT2D eigenvalue weighted by Gasteiger charge is -2.24. The highest BCUT2D eigenvalue weighted by atomic mass is 32.2. The number of benzene rings is 2. The van der Waals surface area contributed by atoms with Crippen molar-refractivity contribution < 1.29 is 17.3 Å². The molecule has 1 atom stereocenters. The largest absolute Gasteiger partial charge is 0.457 e. The standard InChI is InChI=1S/C15H10O4S2/c16-21(17)14-8-4-2-6-11(14)18-15(19-21)13-9-10-5-1-3-7-12(10)20-13/h1-9,15H. The van der Waals surface area contributed by atoms with Crippen LogP contribution in [0.4, 0.5) is 0 Å². The first-order valence-corrected chi connectivity index (χ1v) is 8.53. The van der Waals surface area contributed by atoms with Crippen LogP contribution in [0, 0.1) is 0 Å². The van der Waals surface area contributed by atoms with Gasteiger partial charge in [0.1, 0.15) is 10.6 Å².